The number of Topliss-reactive ketones (excluding diaryl/α,β-unsaturated/α-hetero) is 1. The Labute approximate surface area is 130 Å². The summed E-state index contributed by atoms with van der Waals surface area (Å²) in [5.74, 6) is -0.119. The fraction of sp³-hybridized carbons (Fsp3) is 0.444. The molecule has 4 heteroatoms. The van der Waals surface area contributed by atoms with Crippen molar-refractivity contribution in [1.29, 1.82) is 0 Å². The first kappa shape index (κ1) is 15.0. The lowest BCUT2D eigenvalue weighted by Crippen LogP contribution is -2.13. The minimum Gasteiger partial charge on any atom is -0.361 e. The maximum atomic E-state index is 11.8. The second kappa shape index (κ2) is 6.05. The van der Waals surface area contributed by atoms with Crippen molar-refractivity contribution in [3.05, 3.63) is 35.5 Å². The van der Waals surface area contributed by atoms with Crippen molar-refractivity contribution in [1.82, 2.24) is 9.88 Å². The van der Waals surface area contributed by atoms with Gasteiger partial charge in [0, 0.05) is 29.6 Å². The van der Waals surface area contributed by atoms with Gasteiger partial charge in [-0.1, -0.05) is 13.0 Å². The number of nitrogens with one attached hydrogen (secondary N) is 1. The largest absolute Gasteiger partial charge is 0.361 e. The molecule has 1 aliphatic heterocycles. The van der Waals surface area contributed by atoms with E-state index in [1.807, 2.05) is 19.1 Å². The number of aromatic amines is 1. The lowest BCUT2D eigenvalue weighted by Gasteiger charge is -2.13. The molecule has 0 bridgehead atoms. The quantitative estimate of drug-likeness (QED) is 0.682. The molecule has 1 N–H and O–H groups in total. The summed E-state index contributed by atoms with van der Waals surface area (Å²) in [5.41, 5.74) is 3.37. The smallest absolute Gasteiger partial charge is 0.202 e. The highest BCUT2D eigenvalue weighted by atomic mass is 16.2. The summed E-state index contributed by atoms with van der Waals surface area (Å²) in [6.07, 6.45) is 4.36. The van der Waals surface area contributed by atoms with Gasteiger partial charge < -0.3 is 9.88 Å². The molecule has 1 aliphatic rings. The van der Waals surface area contributed by atoms with Gasteiger partial charge in [0.1, 0.15) is 0 Å². The summed E-state index contributed by atoms with van der Waals surface area (Å²) < 4.78 is 0. The van der Waals surface area contributed by atoms with Crippen LogP contribution in [0.2, 0.25) is 0 Å². The number of likely N-dealkylation sites (N-methyl/N-ethyl adjacent to an activating group) is 1. The monoisotopic (exact) mass is 298 g/mol. The molecule has 2 aromatic rings. The van der Waals surface area contributed by atoms with Gasteiger partial charge in [-0.15, -0.1) is 0 Å². The summed E-state index contributed by atoms with van der Waals surface area (Å²) in [6, 6.07) is 6.07. The third kappa shape index (κ3) is 2.59. The molecule has 2 atom stereocenters. The number of likely N-dealkylation sites (tertiary alicyclic amines) is 1. The van der Waals surface area contributed by atoms with Gasteiger partial charge in [0.15, 0.2) is 6.29 Å². The minimum absolute atomic E-state index is 0.323. The number of nitrogens with zero attached hydrogens (tertiary/aromatic N) is 1. The van der Waals surface area contributed by atoms with Gasteiger partial charge in [-0.2, -0.15) is 0 Å². The SMILES string of the molecule is CCC(C(=O)C=O)c1ccc2[nH]cc(C3CCN(C)C3)c2c1. The van der Waals surface area contributed by atoms with Crippen LogP contribution in [0.15, 0.2) is 24.4 Å². The topological polar surface area (TPSA) is 53.2 Å². The number of benzene rings is 1. The first-order valence-corrected chi connectivity index (χ1v) is 7.92. The fourth-order valence-corrected chi connectivity index (χ4v) is 3.59. The molecule has 0 aliphatic carbocycles. The minimum atomic E-state index is -0.334. The number of rotatable bonds is 5. The Balaban J connectivity index is 2.01. The first-order chi connectivity index (χ1) is 10.6. The van der Waals surface area contributed by atoms with Crippen molar-refractivity contribution < 1.29 is 9.59 Å². The van der Waals surface area contributed by atoms with Crippen molar-refractivity contribution in [2.75, 3.05) is 20.1 Å². The second-order valence-corrected chi connectivity index (χ2v) is 6.28. The lowest BCUT2D eigenvalue weighted by molar-refractivity contribution is -0.130. The summed E-state index contributed by atoms with van der Waals surface area (Å²) >= 11 is 0. The van der Waals surface area contributed by atoms with Gasteiger partial charge in [-0.25, -0.2) is 0 Å². The van der Waals surface area contributed by atoms with Crippen molar-refractivity contribution in [2.45, 2.75) is 31.6 Å². The highest BCUT2D eigenvalue weighted by Gasteiger charge is 2.24. The van der Waals surface area contributed by atoms with Crippen LogP contribution in [-0.4, -0.2) is 42.1 Å². The number of aldehydes is 1. The third-order valence-corrected chi connectivity index (χ3v) is 4.84. The molecule has 116 valence electrons. The van der Waals surface area contributed by atoms with Crippen molar-refractivity contribution >= 4 is 23.0 Å². The Morgan fingerprint density at radius 1 is 1.50 bits per heavy atom. The van der Waals surface area contributed by atoms with Gasteiger partial charge >= 0.3 is 0 Å². The van der Waals surface area contributed by atoms with E-state index in [9.17, 15) is 9.59 Å². The van der Waals surface area contributed by atoms with Gasteiger partial charge in [-0.3, -0.25) is 9.59 Å². The predicted molar refractivity (Wildman–Crippen MR) is 87.3 cm³/mol. The molecular weight excluding hydrogens is 276 g/mol. The van der Waals surface area contributed by atoms with Crippen LogP contribution in [0.25, 0.3) is 10.9 Å². The van der Waals surface area contributed by atoms with Crippen molar-refractivity contribution in [3.8, 4) is 0 Å². The molecule has 22 heavy (non-hydrogen) atoms. The van der Waals surface area contributed by atoms with Crippen LogP contribution >= 0.6 is 0 Å². The zero-order valence-electron chi connectivity index (χ0n) is 13.1. The molecule has 1 fully saturated rings. The van der Waals surface area contributed by atoms with E-state index in [-0.39, 0.29) is 11.7 Å². The Kier molecular flexibility index (Phi) is 4.12. The zero-order valence-corrected chi connectivity index (χ0v) is 13.1. The number of H-pyrrole nitrogens is 1. The highest BCUT2D eigenvalue weighted by molar-refractivity contribution is 6.27. The van der Waals surface area contributed by atoms with Gasteiger partial charge in [0.05, 0.1) is 0 Å². The Morgan fingerprint density at radius 2 is 2.32 bits per heavy atom. The van der Waals surface area contributed by atoms with Crippen LogP contribution in [0.3, 0.4) is 0 Å². The molecule has 1 aromatic carbocycles. The molecule has 1 aromatic heterocycles. The molecule has 0 radical (unpaired) electrons. The van der Waals surface area contributed by atoms with E-state index in [2.05, 4.69) is 29.2 Å². The van der Waals surface area contributed by atoms with Crippen molar-refractivity contribution in [2.24, 2.45) is 0 Å². The summed E-state index contributed by atoms with van der Waals surface area (Å²) in [6.45, 7) is 4.14. The molecule has 0 spiro atoms. The Bertz CT molecular complexity index is 704. The van der Waals surface area contributed by atoms with Crippen LogP contribution in [0.1, 0.15) is 42.7 Å². The molecule has 2 heterocycles. The summed E-state index contributed by atoms with van der Waals surface area (Å²) in [4.78, 5) is 28.3. The molecule has 0 saturated carbocycles. The fourth-order valence-electron chi connectivity index (χ4n) is 3.59. The third-order valence-electron chi connectivity index (χ3n) is 4.84. The van der Waals surface area contributed by atoms with E-state index in [1.165, 1.54) is 10.9 Å². The van der Waals surface area contributed by atoms with E-state index >= 15 is 0 Å². The number of carbonyl (C=O) groups is 2. The molecule has 0 amide bonds. The molecule has 3 rings (SSSR count). The van der Waals surface area contributed by atoms with Gasteiger partial charge in [0.25, 0.3) is 0 Å². The standard InChI is InChI=1S/C18H22N2O2/c1-3-14(18(22)11-21)12-4-5-17-15(8-12)16(9-19-17)13-6-7-20(2)10-13/h4-5,8-9,11,13-14,19H,3,6-7,10H2,1-2H3. The van der Waals surface area contributed by atoms with E-state index in [0.29, 0.717) is 18.6 Å². The molecule has 4 nitrogen and oxygen atoms in total. The van der Waals surface area contributed by atoms with Crippen LogP contribution in [0, 0.1) is 0 Å². The van der Waals surface area contributed by atoms with E-state index in [1.54, 1.807) is 0 Å². The van der Waals surface area contributed by atoms with Crippen molar-refractivity contribution in [3.63, 3.8) is 0 Å². The second-order valence-electron chi connectivity index (χ2n) is 6.28. The zero-order chi connectivity index (χ0) is 15.7. The number of fused-ring (bicyclic) bond motifs is 1. The van der Waals surface area contributed by atoms with Gasteiger partial charge in [-0.05, 0) is 55.6 Å². The number of hydrogen-bond donors (Lipinski definition) is 1. The normalized spacial score (nSPS) is 20.4. The maximum Gasteiger partial charge on any atom is 0.202 e. The Hall–Kier alpha value is -1.94. The maximum absolute atomic E-state index is 11.8. The Morgan fingerprint density at radius 3 is 2.95 bits per heavy atom. The average molecular weight is 298 g/mol. The van der Waals surface area contributed by atoms with Crippen LogP contribution < -0.4 is 0 Å². The van der Waals surface area contributed by atoms with Crippen LogP contribution in [-0.2, 0) is 9.59 Å². The van der Waals surface area contributed by atoms with E-state index in [4.69, 9.17) is 0 Å². The number of carbonyl (C=O) groups excluding carboxylic acids is 2. The van der Waals surface area contributed by atoms with Crippen LogP contribution in [0.5, 0.6) is 0 Å². The number of aromatic nitrogens is 1. The number of ketones is 1. The number of hydrogen-bond acceptors (Lipinski definition) is 3. The highest BCUT2D eigenvalue weighted by Crippen LogP contribution is 2.34. The summed E-state index contributed by atoms with van der Waals surface area (Å²) in [7, 11) is 2.15. The molecular formula is C18H22N2O2. The molecule has 1 saturated heterocycles. The average Bonchev–Trinajstić information content (AvgIpc) is 3.13. The molecule has 2 unspecified atom stereocenters. The first-order valence-electron chi connectivity index (χ1n) is 7.92. The van der Waals surface area contributed by atoms with E-state index < -0.39 is 0 Å². The summed E-state index contributed by atoms with van der Waals surface area (Å²) in [5, 5.41) is 1.19. The van der Waals surface area contributed by atoms with E-state index in [0.717, 1.165) is 30.6 Å². The van der Waals surface area contributed by atoms with Crippen LogP contribution in [0.4, 0.5) is 0 Å². The lowest BCUT2D eigenvalue weighted by atomic mass is 9.90. The predicted octanol–water partition coefficient (Wildman–Crippen LogP) is 2.85. The van der Waals surface area contributed by atoms with Gasteiger partial charge in [0.2, 0.25) is 5.78 Å².